The highest BCUT2D eigenvalue weighted by atomic mass is 19.1. The van der Waals surface area contributed by atoms with Crippen molar-refractivity contribution in [2.24, 2.45) is 5.41 Å². The van der Waals surface area contributed by atoms with E-state index in [0.717, 1.165) is 27.8 Å². The lowest BCUT2D eigenvalue weighted by Gasteiger charge is -2.38. The van der Waals surface area contributed by atoms with Gasteiger partial charge in [0.1, 0.15) is 5.82 Å². The molecule has 3 aromatic carbocycles. The van der Waals surface area contributed by atoms with Crippen LogP contribution in [-0.2, 0) is 19.1 Å². The Labute approximate surface area is 198 Å². The van der Waals surface area contributed by atoms with Crippen LogP contribution in [0.4, 0.5) is 4.39 Å². The summed E-state index contributed by atoms with van der Waals surface area (Å²) >= 11 is 0. The van der Waals surface area contributed by atoms with Gasteiger partial charge in [-0.05, 0) is 66.1 Å². The van der Waals surface area contributed by atoms with Crippen molar-refractivity contribution >= 4 is 11.9 Å². The van der Waals surface area contributed by atoms with Gasteiger partial charge in [0.25, 0.3) is 0 Å². The fourth-order valence-electron chi connectivity index (χ4n) is 6.02. The standard InChI is InChI=1S/C29H27FO4/c1-3-33-27(31)29(28(32)34-4-2)17-24(18-13-15-19(30)16-14-18)25-20-9-5-7-11-22(20)26(29)23-12-8-6-10-21(23)25/h5-16,24-26H,3-4,17H2,1-2H3. The number of rotatable bonds is 5. The van der Waals surface area contributed by atoms with Crippen molar-refractivity contribution in [1.29, 1.82) is 0 Å². The lowest BCUT2D eigenvalue weighted by Crippen LogP contribution is -2.47. The highest BCUT2D eigenvalue weighted by Gasteiger charge is 2.62. The topological polar surface area (TPSA) is 52.6 Å². The second-order valence-corrected chi connectivity index (χ2v) is 8.94. The number of halogens is 1. The van der Waals surface area contributed by atoms with Gasteiger partial charge in [0.2, 0.25) is 0 Å². The summed E-state index contributed by atoms with van der Waals surface area (Å²) in [7, 11) is 0. The lowest BCUT2D eigenvalue weighted by molar-refractivity contribution is -0.174. The van der Waals surface area contributed by atoms with Gasteiger partial charge in [0.15, 0.2) is 5.41 Å². The zero-order chi connectivity index (χ0) is 23.9. The van der Waals surface area contributed by atoms with E-state index >= 15 is 0 Å². The van der Waals surface area contributed by atoms with Gasteiger partial charge in [-0.1, -0.05) is 60.7 Å². The van der Waals surface area contributed by atoms with E-state index in [1.54, 1.807) is 26.0 Å². The number of carbonyl (C=O) groups excluding carboxylic acids is 2. The van der Waals surface area contributed by atoms with Gasteiger partial charge in [-0.25, -0.2) is 4.39 Å². The Morgan fingerprint density at radius 1 is 0.794 bits per heavy atom. The minimum Gasteiger partial charge on any atom is -0.465 e. The number of hydrogen-bond donors (Lipinski definition) is 0. The maximum absolute atomic E-state index is 13.9. The third-order valence-electron chi connectivity index (χ3n) is 7.30. The molecule has 3 aromatic rings. The van der Waals surface area contributed by atoms with E-state index in [2.05, 4.69) is 12.1 Å². The van der Waals surface area contributed by atoms with Crippen molar-refractivity contribution in [2.45, 2.75) is 38.0 Å². The third kappa shape index (κ3) is 3.25. The molecule has 0 saturated heterocycles. The molecule has 0 N–H and O–H groups in total. The average Bonchev–Trinajstić information content (AvgIpc) is 3.07. The Balaban J connectivity index is 1.87. The van der Waals surface area contributed by atoms with Crippen LogP contribution in [0.15, 0.2) is 72.8 Å². The van der Waals surface area contributed by atoms with Crippen molar-refractivity contribution in [3.63, 3.8) is 0 Å². The normalized spacial score (nSPS) is 21.7. The van der Waals surface area contributed by atoms with Crippen LogP contribution in [0.5, 0.6) is 0 Å². The molecule has 0 spiro atoms. The summed E-state index contributed by atoms with van der Waals surface area (Å²) in [6, 6.07) is 22.4. The first-order valence-corrected chi connectivity index (χ1v) is 11.8. The number of ether oxygens (including phenoxy) is 2. The highest BCUT2D eigenvalue weighted by molar-refractivity contribution is 6.03. The zero-order valence-corrected chi connectivity index (χ0v) is 19.3. The largest absolute Gasteiger partial charge is 0.465 e. The monoisotopic (exact) mass is 458 g/mol. The first-order chi connectivity index (χ1) is 16.5. The predicted octanol–water partition coefficient (Wildman–Crippen LogP) is 5.70. The summed E-state index contributed by atoms with van der Waals surface area (Å²) in [4.78, 5) is 27.7. The zero-order valence-electron chi connectivity index (χ0n) is 19.3. The van der Waals surface area contributed by atoms with E-state index in [9.17, 15) is 14.0 Å². The molecule has 4 nitrogen and oxygen atoms in total. The summed E-state index contributed by atoms with van der Waals surface area (Å²) in [5, 5.41) is 0. The molecule has 3 aliphatic rings. The molecule has 174 valence electrons. The fourth-order valence-corrected chi connectivity index (χ4v) is 6.02. The molecule has 5 heteroatoms. The molecule has 0 radical (unpaired) electrons. The Morgan fingerprint density at radius 2 is 1.26 bits per heavy atom. The van der Waals surface area contributed by atoms with E-state index in [-0.39, 0.29) is 37.3 Å². The van der Waals surface area contributed by atoms with Gasteiger partial charge < -0.3 is 9.47 Å². The van der Waals surface area contributed by atoms with Crippen LogP contribution < -0.4 is 0 Å². The first kappa shape index (κ1) is 22.3. The summed E-state index contributed by atoms with van der Waals surface area (Å²) in [6.45, 7) is 3.79. The quantitative estimate of drug-likeness (QED) is 0.363. The molecule has 3 aliphatic carbocycles. The van der Waals surface area contributed by atoms with Gasteiger partial charge in [0, 0.05) is 11.8 Å². The van der Waals surface area contributed by atoms with Gasteiger partial charge in [-0.2, -0.15) is 0 Å². The smallest absolute Gasteiger partial charge is 0.324 e. The number of carbonyl (C=O) groups is 2. The average molecular weight is 459 g/mol. The summed E-state index contributed by atoms with van der Waals surface area (Å²) in [6.07, 6.45) is 0.203. The van der Waals surface area contributed by atoms with E-state index in [4.69, 9.17) is 9.47 Å². The van der Waals surface area contributed by atoms with Gasteiger partial charge in [0.05, 0.1) is 13.2 Å². The SMILES string of the molecule is CCOC(=O)C1(C(=O)OCC)CC(c2ccc(F)cc2)C2c3ccccc3C1c1ccccc12. The van der Waals surface area contributed by atoms with Crippen molar-refractivity contribution in [1.82, 2.24) is 0 Å². The maximum atomic E-state index is 13.9. The van der Waals surface area contributed by atoms with Crippen molar-refractivity contribution in [3.05, 3.63) is 106 Å². The molecule has 0 aromatic heterocycles. The Bertz CT molecular complexity index is 1170. The summed E-state index contributed by atoms with van der Waals surface area (Å²) in [5.41, 5.74) is 3.35. The molecule has 1 unspecified atom stereocenters. The molecule has 0 amide bonds. The molecule has 1 atom stereocenters. The molecule has 0 saturated carbocycles. The summed E-state index contributed by atoms with van der Waals surface area (Å²) in [5.74, 6) is -2.37. The van der Waals surface area contributed by atoms with Crippen LogP contribution in [0.3, 0.4) is 0 Å². The van der Waals surface area contributed by atoms with Gasteiger partial charge in [-0.15, -0.1) is 0 Å². The molecular weight excluding hydrogens is 431 g/mol. The van der Waals surface area contributed by atoms with E-state index in [1.165, 1.54) is 12.1 Å². The Morgan fingerprint density at radius 3 is 1.74 bits per heavy atom. The maximum Gasteiger partial charge on any atom is 0.324 e. The Hall–Kier alpha value is -3.47. The van der Waals surface area contributed by atoms with Crippen LogP contribution in [0.25, 0.3) is 0 Å². The van der Waals surface area contributed by atoms with Crippen LogP contribution in [0.2, 0.25) is 0 Å². The minimum atomic E-state index is -1.57. The third-order valence-corrected chi connectivity index (χ3v) is 7.30. The van der Waals surface area contributed by atoms with Crippen molar-refractivity contribution < 1.29 is 23.5 Å². The Kier molecular flexibility index (Phi) is 5.72. The number of benzene rings is 3. The lowest BCUT2D eigenvalue weighted by atomic mass is 9.64. The molecule has 0 fully saturated rings. The molecule has 6 rings (SSSR count). The molecule has 0 aliphatic heterocycles. The molecular formula is C29H27FO4. The second-order valence-electron chi connectivity index (χ2n) is 8.94. The second kappa shape index (κ2) is 8.71. The molecule has 34 heavy (non-hydrogen) atoms. The number of fused-ring (bicyclic) bond motifs is 2. The van der Waals surface area contributed by atoms with Crippen LogP contribution in [0, 0.1) is 11.2 Å². The number of hydrogen-bond acceptors (Lipinski definition) is 4. The van der Waals surface area contributed by atoms with Crippen molar-refractivity contribution in [3.8, 4) is 0 Å². The van der Waals surface area contributed by atoms with Gasteiger partial charge >= 0.3 is 11.9 Å². The van der Waals surface area contributed by atoms with Crippen molar-refractivity contribution in [2.75, 3.05) is 13.2 Å². The van der Waals surface area contributed by atoms with E-state index in [0.29, 0.717) is 0 Å². The van der Waals surface area contributed by atoms with Crippen LogP contribution in [0.1, 0.15) is 65.8 Å². The van der Waals surface area contributed by atoms with Crippen LogP contribution >= 0.6 is 0 Å². The van der Waals surface area contributed by atoms with Crippen LogP contribution in [-0.4, -0.2) is 25.2 Å². The highest BCUT2D eigenvalue weighted by Crippen LogP contribution is 2.62. The minimum absolute atomic E-state index is 0.0974. The number of esters is 2. The molecule has 2 bridgehead atoms. The predicted molar refractivity (Wildman–Crippen MR) is 126 cm³/mol. The summed E-state index contributed by atoms with van der Waals surface area (Å²) < 4.78 is 25.0. The first-order valence-electron chi connectivity index (χ1n) is 11.8. The van der Waals surface area contributed by atoms with E-state index < -0.39 is 23.3 Å². The fraction of sp³-hybridized carbons (Fsp3) is 0.310. The molecule has 0 heterocycles. The van der Waals surface area contributed by atoms with Gasteiger partial charge in [-0.3, -0.25) is 9.59 Å². The van der Waals surface area contributed by atoms with E-state index in [1.807, 2.05) is 36.4 Å².